The highest BCUT2D eigenvalue weighted by molar-refractivity contribution is 8.00. The zero-order valence-corrected chi connectivity index (χ0v) is 12.1. The molecule has 0 aliphatic carbocycles. The predicted octanol–water partition coefficient (Wildman–Crippen LogP) is 2.97. The molecule has 3 rings (SSSR count). The minimum atomic E-state index is -0.0535. The van der Waals surface area contributed by atoms with Gasteiger partial charge in [0.25, 0.3) is 0 Å². The van der Waals surface area contributed by atoms with Gasteiger partial charge in [-0.3, -0.25) is 9.59 Å². The normalized spacial score (nSPS) is 13.5. The zero-order chi connectivity index (χ0) is 13.9. The lowest BCUT2D eigenvalue weighted by Gasteiger charge is -2.17. The topological polar surface area (TPSA) is 58.2 Å². The number of carbonyl (C=O) groups excluding carboxylic acids is 2. The van der Waals surface area contributed by atoms with Gasteiger partial charge in [-0.25, -0.2) is 0 Å². The van der Waals surface area contributed by atoms with Crippen molar-refractivity contribution in [3.05, 3.63) is 40.6 Å². The van der Waals surface area contributed by atoms with E-state index >= 15 is 0 Å². The molecule has 0 fully saturated rings. The SMILES string of the molecule is O=C(Cc1cccs1)Nc1ccc2c(c1)NC(=O)CS2. The molecule has 6 heteroatoms. The number of thioether (sulfide) groups is 1. The summed E-state index contributed by atoms with van der Waals surface area (Å²) < 4.78 is 0. The molecule has 1 aromatic carbocycles. The van der Waals surface area contributed by atoms with Crippen molar-refractivity contribution in [2.24, 2.45) is 0 Å². The number of hydrogen-bond acceptors (Lipinski definition) is 4. The van der Waals surface area contributed by atoms with Crippen LogP contribution in [-0.2, 0) is 16.0 Å². The first kappa shape index (κ1) is 13.2. The monoisotopic (exact) mass is 304 g/mol. The second-order valence-electron chi connectivity index (χ2n) is 4.35. The van der Waals surface area contributed by atoms with E-state index in [4.69, 9.17) is 0 Å². The molecular formula is C14H12N2O2S2. The Kier molecular flexibility index (Phi) is 3.75. The van der Waals surface area contributed by atoms with E-state index in [1.807, 2.05) is 29.6 Å². The Morgan fingerprint density at radius 3 is 3.05 bits per heavy atom. The fraction of sp³-hybridized carbons (Fsp3) is 0.143. The summed E-state index contributed by atoms with van der Waals surface area (Å²) in [5, 5.41) is 7.62. The number of fused-ring (bicyclic) bond motifs is 1. The number of hydrogen-bond donors (Lipinski definition) is 2. The van der Waals surface area contributed by atoms with Crippen LogP contribution in [0.2, 0.25) is 0 Å². The maximum Gasteiger partial charge on any atom is 0.234 e. The molecule has 1 aliphatic heterocycles. The first-order chi connectivity index (χ1) is 9.70. The van der Waals surface area contributed by atoms with E-state index in [9.17, 15) is 9.59 Å². The van der Waals surface area contributed by atoms with E-state index in [2.05, 4.69) is 10.6 Å². The molecular weight excluding hydrogens is 292 g/mol. The molecule has 1 aliphatic rings. The molecule has 0 bridgehead atoms. The quantitative estimate of drug-likeness (QED) is 0.916. The Hall–Kier alpha value is -1.79. The average Bonchev–Trinajstić information content (AvgIpc) is 2.91. The first-order valence-electron chi connectivity index (χ1n) is 6.09. The molecule has 0 saturated heterocycles. The number of carbonyl (C=O) groups is 2. The summed E-state index contributed by atoms with van der Waals surface area (Å²) in [6, 6.07) is 9.44. The molecule has 0 radical (unpaired) electrons. The molecule has 2 aromatic rings. The summed E-state index contributed by atoms with van der Waals surface area (Å²) >= 11 is 3.07. The van der Waals surface area contributed by atoms with Gasteiger partial charge in [-0.1, -0.05) is 6.07 Å². The van der Waals surface area contributed by atoms with E-state index in [-0.39, 0.29) is 11.8 Å². The van der Waals surface area contributed by atoms with Crippen LogP contribution in [0.3, 0.4) is 0 Å². The van der Waals surface area contributed by atoms with Crippen LogP contribution in [0.5, 0.6) is 0 Å². The zero-order valence-electron chi connectivity index (χ0n) is 10.5. The molecule has 4 nitrogen and oxygen atoms in total. The van der Waals surface area contributed by atoms with Crippen LogP contribution in [0.15, 0.2) is 40.6 Å². The lowest BCUT2D eigenvalue weighted by molar-refractivity contribution is -0.115. The Morgan fingerprint density at radius 2 is 2.25 bits per heavy atom. The van der Waals surface area contributed by atoms with Crippen molar-refractivity contribution in [2.45, 2.75) is 11.3 Å². The summed E-state index contributed by atoms with van der Waals surface area (Å²) in [7, 11) is 0. The minimum Gasteiger partial charge on any atom is -0.326 e. The van der Waals surface area contributed by atoms with Gasteiger partial charge in [0.2, 0.25) is 11.8 Å². The van der Waals surface area contributed by atoms with Crippen molar-refractivity contribution >= 4 is 46.3 Å². The standard InChI is InChI=1S/C14H12N2O2S2/c17-13(7-10-2-1-5-19-10)15-9-3-4-12-11(6-9)16-14(18)8-20-12/h1-6H,7-8H2,(H,15,17)(H,16,18). The van der Waals surface area contributed by atoms with Crippen LogP contribution >= 0.6 is 23.1 Å². The highest BCUT2D eigenvalue weighted by Crippen LogP contribution is 2.33. The molecule has 2 N–H and O–H groups in total. The molecule has 102 valence electrons. The second-order valence-corrected chi connectivity index (χ2v) is 6.40. The largest absolute Gasteiger partial charge is 0.326 e. The van der Waals surface area contributed by atoms with E-state index in [1.165, 1.54) is 11.8 Å². The van der Waals surface area contributed by atoms with Crippen LogP contribution in [0.25, 0.3) is 0 Å². The van der Waals surface area contributed by atoms with Gasteiger partial charge in [-0.2, -0.15) is 0 Å². The third-order valence-electron chi connectivity index (χ3n) is 2.81. The van der Waals surface area contributed by atoms with Gasteiger partial charge >= 0.3 is 0 Å². The molecule has 0 spiro atoms. The van der Waals surface area contributed by atoms with Crippen molar-refractivity contribution in [3.63, 3.8) is 0 Å². The number of anilines is 2. The van der Waals surface area contributed by atoms with Crippen molar-refractivity contribution in [1.82, 2.24) is 0 Å². The molecule has 1 aromatic heterocycles. The van der Waals surface area contributed by atoms with Crippen LogP contribution in [-0.4, -0.2) is 17.6 Å². The molecule has 20 heavy (non-hydrogen) atoms. The van der Waals surface area contributed by atoms with E-state index in [1.54, 1.807) is 17.4 Å². The molecule has 2 heterocycles. The van der Waals surface area contributed by atoms with Crippen LogP contribution in [0.1, 0.15) is 4.88 Å². The lowest BCUT2D eigenvalue weighted by Crippen LogP contribution is -2.19. The van der Waals surface area contributed by atoms with Gasteiger partial charge in [-0.15, -0.1) is 23.1 Å². The van der Waals surface area contributed by atoms with Gasteiger partial charge in [0.1, 0.15) is 0 Å². The van der Waals surface area contributed by atoms with Gasteiger partial charge in [0.15, 0.2) is 0 Å². The Bertz CT molecular complexity index is 653. The summed E-state index contributed by atoms with van der Waals surface area (Å²) in [4.78, 5) is 25.3. The number of benzene rings is 1. The Morgan fingerprint density at radius 1 is 1.35 bits per heavy atom. The highest BCUT2D eigenvalue weighted by atomic mass is 32.2. The van der Waals surface area contributed by atoms with Crippen LogP contribution < -0.4 is 10.6 Å². The molecule has 2 amide bonds. The maximum atomic E-state index is 11.9. The smallest absolute Gasteiger partial charge is 0.234 e. The van der Waals surface area contributed by atoms with Gasteiger partial charge in [0.05, 0.1) is 17.9 Å². The van der Waals surface area contributed by atoms with Crippen LogP contribution in [0, 0.1) is 0 Å². The van der Waals surface area contributed by atoms with Crippen LogP contribution in [0.4, 0.5) is 11.4 Å². The number of nitrogens with one attached hydrogen (secondary N) is 2. The second kappa shape index (κ2) is 5.68. The summed E-state index contributed by atoms with van der Waals surface area (Å²) in [5.41, 5.74) is 1.47. The summed E-state index contributed by atoms with van der Waals surface area (Å²) in [5.74, 6) is 0.378. The molecule has 0 unspecified atom stereocenters. The van der Waals surface area contributed by atoms with Gasteiger partial charge in [-0.05, 0) is 29.6 Å². The third kappa shape index (κ3) is 3.02. The minimum absolute atomic E-state index is 0.00966. The number of rotatable bonds is 3. The Balaban J connectivity index is 1.70. The average molecular weight is 304 g/mol. The van der Waals surface area contributed by atoms with E-state index < -0.39 is 0 Å². The highest BCUT2D eigenvalue weighted by Gasteiger charge is 2.16. The summed E-state index contributed by atoms with van der Waals surface area (Å²) in [6.45, 7) is 0. The van der Waals surface area contributed by atoms with Gasteiger partial charge in [0, 0.05) is 15.5 Å². The fourth-order valence-electron chi connectivity index (χ4n) is 1.94. The third-order valence-corrected chi connectivity index (χ3v) is 4.76. The maximum absolute atomic E-state index is 11.9. The lowest BCUT2D eigenvalue weighted by atomic mass is 10.2. The van der Waals surface area contributed by atoms with Crippen molar-refractivity contribution in [2.75, 3.05) is 16.4 Å². The van der Waals surface area contributed by atoms with Crippen molar-refractivity contribution < 1.29 is 9.59 Å². The van der Waals surface area contributed by atoms with E-state index in [0.29, 0.717) is 17.9 Å². The van der Waals surface area contributed by atoms with E-state index in [0.717, 1.165) is 15.5 Å². The summed E-state index contributed by atoms with van der Waals surface area (Å²) in [6.07, 6.45) is 0.371. The number of thiophene rings is 1. The first-order valence-corrected chi connectivity index (χ1v) is 7.96. The van der Waals surface area contributed by atoms with Crippen molar-refractivity contribution in [3.8, 4) is 0 Å². The molecule has 0 saturated carbocycles. The molecule has 0 atom stereocenters. The predicted molar refractivity (Wildman–Crippen MR) is 82.4 cm³/mol. The van der Waals surface area contributed by atoms with Gasteiger partial charge < -0.3 is 10.6 Å². The Labute approximate surface area is 124 Å². The van der Waals surface area contributed by atoms with Crippen molar-refractivity contribution in [1.29, 1.82) is 0 Å². The fourth-order valence-corrected chi connectivity index (χ4v) is 3.43. The number of amides is 2.